The van der Waals surface area contributed by atoms with Gasteiger partial charge in [0, 0.05) is 25.2 Å². The summed E-state index contributed by atoms with van der Waals surface area (Å²) in [6.45, 7) is 5.97. The van der Waals surface area contributed by atoms with E-state index in [1.165, 1.54) is 38.0 Å². The van der Waals surface area contributed by atoms with E-state index in [1.54, 1.807) is 0 Å². The van der Waals surface area contributed by atoms with Gasteiger partial charge < -0.3 is 10.2 Å². The fraction of sp³-hybridized carbons (Fsp3) is 0.708. The number of nitrogens with zero attached hydrogens (tertiary/aromatic N) is 1. The molecule has 4 aliphatic carbocycles. The molecule has 1 aromatic carbocycles. The average molecular weight is 365 g/mol. The summed E-state index contributed by atoms with van der Waals surface area (Å²) in [4.78, 5) is 16.3. The van der Waals surface area contributed by atoms with Gasteiger partial charge in [0.25, 0.3) is 0 Å². The van der Waals surface area contributed by atoms with Gasteiger partial charge in [-0.1, -0.05) is 37.3 Å². The van der Waals surface area contributed by atoms with E-state index < -0.39 is 0 Å². The highest BCUT2D eigenvalue weighted by atomic mass is 16.2. The lowest BCUT2D eigenvalue weighted by atomic mass is 9.59. The lowest BCUT2D eigenvalue weighted by molar-refractivity contribution is -0.139. The lowest BCUT2D eigenvalue weighted by Crippen LogP contribution is -2.63. The second kappa shape index (κ2) is 5.17. The molecule has 8 rings (SSSR count). The van der Waals surface area contributed by atoms with Crippen LogP contribution in [0.25, 0.3) is 0 Å². The van der Waals surface area contributed by atoms with Crippen LogP contribution in [0.1, 0.15) is 63.9 Å². The van der Waals surface area contributed by atoms with E-state index in [2.05, 4.69) is 47.5 Å². The van der Waals surface area contributed by atoms with Crippen molar-refractivity contribution < 1.29 is 4.79 Å². The molecule has 4 saturated carbocycles. The third-order valence-electron chi connectivity index (χ3n) is 9.25. The Bertz CT molecular complexity index is 769. The predicted octanol–water partition coefficient (Wildman–Crippen LogP) is 3.88. The molecule has 0 spiro atoms. The van der Waals surface area contributed by atoms with Gasteiger partial charge in [0.2, 0.25) is 5.91 Å². The van der Waals surface area contributed by atoms with Crippen molar-refractivity contribution in [2.24, 2.45) is 16.7 Å². The minimum atomic E-state index is -0.116. The molecule has 3 aliphatic heterocycles. The molecule has 3 saturated heterocycles. The fourth-order valence-corrected chi connectivity index (χ4v) is 8.33. The molecular weight excluding hydrogens is 332 g/mol. The van der Waals surface area contributed by atoms with Gasteiger partial charge in [0.05, 0.1) is 5.41 Å². The molecule has 3 nitrogen and oxygen atoms in total. The van der Waals surface area contributed by atoms with Gasteiger partial charge in [-0.3, -0.25) is 4.79 Å². The molecule has 7 fully saturated rings. The minimum absolute atomic E-state index is 0.0983. The van der Waals surface area contributed by atoms with Crippen LogP contribution < -0.4 is 5.32 Å². The van der Waals surface area contributed by atoms with Gasteiger partial charge in [-0.2, -0.15) is 0 Å². The molecule has 0 radical (unpaired) electrons. The van der Waals surface area contributed by atoms with Crippen molar-refractivity contribution in [3.8, 4) is 0 Å². The SMILES string of the molecule is CC12CC3CC(C(=O)NC45CCN(CC4)CC5)(C1)CC3(c1ccccc1)C2. The van der Waals surface area contributed by atoms with E-state index in [0.717, 1.165) is 38.5 Å². The summed E-state index contributed by atoms with van der Waals surface area (Å²) in [5.41, 5.74) is 2.08. The zero-order valence-corrected chi connectivity index (χ0v) is 16.6. The third-order valence-corrected chi connectivity index (χ3v) is 9.25. The minimum Gasteiger partial charge on any atom is -0.350 e. The van der Waals surface area contributed by atoms with Gasteiger partial charge in [-0.25, -0.2) is 0 Å². The maximum atomic E-state index is 13.8. The summed E-state index contributed by atoms with van der Waals surface area (Å²) in [6.07, 6.45) is 9.36. The zero-order valence-electron chi connectivity index (χ0n) is 16.6. The monoisotopic (exact) mass is 364 g/mol. The summed E-state index contributed by atoms with van der Waals surface area (Å²) >= 11 is 0. The molecule has 3 heterocycles. The molecule has 3 heteroatoms. The number of carbonyl (C=O) groups excluding carboxylic acids is 1. The standard InChI is InChI=1S/C24H32N2O/c1-21-13-19-14-22(15-21,17-24(19,16-21)18-5-3-2-4-6-18)20(27)25-23-7-10-26(11-8-23)12-9-23/h2-6,19H,7-17H2,1H3,(H,25,27). The molecule has 7 aliphatic rings. The summed E-state index contributed by atoms with van der Waals surface area (Å²) in [6, 6.07) is 11.2. The van der Waals surface area contributed by atoms with Crippen LogP contribution >= 0.6 is 0 Å². The molecule has 1 aromatic rings. The fourth-order valence-electron chi connectivity index (χ4n) is 8.33. The van der Waals surface area contributed by atoms with E-state index in [0.29, 0.717) is 17.2 Å². The predicted molar refractivity (Wildman–Crippen MR) is 106 cm³/mol. The Balaban J connectivity index is 1.33. The Hall–Kier alpha value is -1.35. The normalized spacial score (nSPS) is 49.5. The maximum Gasteiger partial charge on any atom is 0.226 e. The number of nitrogens with one attached hydrogen (secondary N) is 1. The average Bonchev–Trinajstić information content (AvgIpc) is 3.04. The zero-order chi connectivity index (χ0) is 18.3. The number of carbonyl (C=O) groups is 1. The van der Waals surface area contributed by atoms with Crippen LogP contribution in [0.15, 0.2) is 30.3 Å². The van der Waals surface area contributed by atoms with Crippen LogP contribution in [0.3, 0.4) is 0 Å². The number of amides is 1. The Morgan fingerprint density at radius 1 is 1.00 bits per heavy atom. The number of benzene rings is 1. The van der Waals surface area contributed by atoms with E-state index in [9.17, 15) is 4.79 Å². The van der Waals surface area contributed by atoms with Gasteiger partial charge in [0.1, 0.15) is 0 Å². The maximum absolute atomic E-state index is 13.8. The lowest BCUT2D eigenvalue weighted by Gasteiger charge is -2.51. The van der Waals surface area contributed by atoms with Crippen LogP contribution in [-0.2, 0) is 10.2 Å². The molecule has 4 unspecified atom stereocenters. The Morgan fingerprint density at radius 2 is 1.70 bits per heavy atom. The molecule has 27 heavy (non-hydrogen) atoms. The van der Waals surface area contributed by atoms with E-state index in [4.69, 9.17) is 0 Å². The van der Waals surface area contributed by atoms with Crippen LogP contribution in [-0.4, -0.2) is 36.0 Å². The number of hydrogen-bond donors (Lipinski definition) is 1. The Kier molecular flexibility index (Phi) is 3.18. The van der Waals surface area contributed by atoms with Gasteiger partial charge in [-0.05, 0) is 73.7 Å². The summed E-state index contributed by atoms with van der Waals surface area (Å²) in [5.74, 6) is 1.10. The molecular formula is C24H32N2O. The van der Waals surface area contributed by atoms with Gasteiger partial charge >= 0.3 is 0 Å². The number of piperidine rings is 3. The molecule has 4 atom stereocenters. The molecule has 1 N–H and O–H groups in total. The molecule has 1 amide bonds. The van der Waals surface area contributed by atoms with Crippen molar-refractivity contribution in [1.82, 2.24) is 10.2 Å². The number of hydrogen-bond acceptors (Lipinski definition) is 2. The van der Waals surface area contributed by atoms with Gasteiger partial charge in [0.15, 0.2) is 0 Å². The van der Waals surface area contributed by atoms with Crippen LogP contribution in [0, 0.1) is 16.7 Å². The first kappa shape index (κ1) is 16.6. The van der Waals surface area contributed by atoms with Crippen LogP contribution in [0.5, 0.6) is 0 Å². The van der Waals surface area contributed by atoms with E-state index >= 15 is 0 Å². The number of fused-ring (bicyclic) bond motifs is 3. The molecule has 6 bridgehead atoms. The highest BCUT2D eigenvalue weighted by molar-refractivity contribution is 5.85. The first-order chi connectivity index (χ1) is 13.0. The van der Waals surface area contributed by atoms with Crippen LogP contribution in [0.4, 0.5) is 0 Å². The molecule has 0 aromatic heterocycles. The van der Waals surface area contributed by atoms with Gasteiger partial charge in [-0.15, -0.1) is 0 Å². The second-order valence-electron chi connectivity index (χ2n) is 11.1. The quantitative estimate of drug-likeness (QED) is 0.883. The second-order valence-corrected chi connectivity index (χ2v) is 11.1. The number of rotatable bonds is 3. The smallest absolute Gasteiger partial charge is 0.226 e. The van der Waals surface area contributed by atoms with E-state index in [1.807, 2.05) is 0 Å². The molecule has 144 valence electrons. The third kappa shape index (κ3) is 2.21. The first-order valence-corrected chi connectivity index (χ1v) is 11.1. The topological polar surface area (TPSA) is 32.3 Å². The van der Waals surface area contributed by atoms with Crippen molar-refractivity contribution in [2.45, 2.75) is 69.2 Å². The highest BCUT2D eigenvalue weighted by Gasteiger charge is 2.70. The highest BCUT2D eigenvalue weighted by Crippen LogP contribution is 2.75. The van der Waals surface area contributed by atoms with Crippen molar-refractivity contribution >= 4 is 5.91 Å². The van der Waals surface area contributed by atoms with E-state index in [-0.39, 0.29) is 16.4 Å². The summed E-state index contributed by atoms with van der Waals surface area (Å²) < 4.78 is 0. The Labute approximate surface area is 162 Å². The largest absolute Gasteiger partial charge is 0.350 e. The van der Waals surface area contributed by atoms with Crippen molar-refractivity contribution in [2.75, 3.05) is 19.6 Å². The van der Waals surface area contributed by atoms with Crippen molar-refractivity contribution in [1.29, 1.82) is 0 Å². The van der Waals surface area contributed by atoms with Crippen molar-refractivity contribution in [3.63, 3.8) is 0 Å². The summed E-state index contributed by atoms with van der Waals surface area (Å²) in [5, 5.41) is 3.67. The van der Waals surface area contributed by atoms with Crippen molar-refractivity contribution in [3.05, 3.63) is 35.9 Å². The first-order valence-electron chi connectivity index (χ1n) is 11.1. The van der Waals surface area contributed by atoms with Crippen LogP contribution in [0.2, 0.25) is 0 Å². The summed E-state index contributed by atoms with van der Waals surface area (Å²) in [7, 11) is 0. The Morgan fingerprint density at radius 3 is 2.41 bits per heavy atom.